The Morgan fingerprint density at radius 3 is 2.04 bits per heavy atom. The zero-order valence-electron chi connectivity index (χ0n) is 15.0. The van der Waals surface area contributed by atoms with Crippen molar-refractivity contribution in [2.24, 2.45) is 5.92 Å². The average Bonchev–Trinajstić information content (AvgIpc) is 2.64. The quantitative estimate of drug-likeness (QED) is 0.408. The molecule has 0 radical (unpaired) electrons. The first kappa shape index (κ1) is 18.3. The summed E-state index contributed by atoms with van der Waals surface area (Å²) in [6, 6.07) is 15.9. The highest BCUT2D eigenvalue weighted by atomic mass is 16.5. The van der Waals surface area contributed by atoms with Gasteiger partial charge in [-0.05, 0) is 29.7 Å². The number of carbonyl (C=O) groups excluding carboxylic acids is 1. The SMILES string of the molecule is CCCCCCC(C)C(=O)c1ccc(-c2ccc(OC)cc2)cc1. The Morgan fingerprint density at radius 2 is 1.50 bits per heavy atom. The van der Waals surface area contributed by atoms with E-state index in [-0.39, 0.29) is 11.7 Å². The molecule has 2 aromatic carbocycles. The van der Waals surface area contributed by atoms with Gasteiger partial charge in [-0.3, -0.25) is 4.79 Å². The molecule has 128 valence electrons. The zero-order chi connectivity index (χ0) is 17.4. The summed E-state index contributed by atoms with van der Waals surface area (Å²) in [5, 5.41) is 0. The number of unbranched alkanes of at least 4 members (excludes halogenated alkanes) is 3. The standard InChI is InChI=1S/C22H28O2/c1-4-5-6-7-8-17(2)22(23)20-11-9-18(10-12-20)19-13-15-21(24-3)16-14-19/h9-17H,4-8H2,1-3H3. The highest BCUT2D eigenvalue weighted by Gasteiger charge is 2.14. The van der Waals surface area contributed by atoms with Crippen LogP contribution in [0.1, 0.15) is 56.3 Å². The number of ketones is 1. The van der Waals surface area contributed by atoms with Crippen LogP contribution < -0.4 is 4.74 Å². The third-order valence-electron chi connectivity index (χ3n) is 4.53. The number of rotatable bonds is 9. The second-order valence-corrected chi connectivity index (χ2v) is 6.42. The van der Waals surface area contributed by atoms with Crippen molar-refractivity contribution >= 4 is 5.78 Å². The molecule has 2 aromatic rings. The average molecular weight is 324 g/mol. The number of Topliss-reactive ketones (excluding diaryl/α,β-unsaturated/α-hetero) is 1. The van der Waals surface area contributed by atoms with E-state index in [4.69, 9.17) is 4.74 Å². The van der Waals surface area contributed by atoms with E-state index in [9.17, 15) is 4.79 Å². The van der Waals surface area contributed by atoms with Crippen molar-refractivity contribution < 1.29 is 9.53 Å². The predicted molar refractivity (Wildman–Crippen MR) is 101 cm³/mol. The molecule has 0 amide bonds. The maximum absolute atomic E-state index is 12.5. The summed E-state index contributed by atoms with van der Waals surface area (Å²) in [4.78, 5) is 12.5. The number of carbonyl (C=O) groups is 1. The van der Waals surface area contributed by atoms with Crippen molar-refractivity contribution in [3.05, 3.63) is 54.1 Å². The molecule has 0 aliphatic heterocycles. The molecule has 0 aliphatic carbocycles. The van der Waals surface area contributed by atoms with E-state index in [0.29, 0.717) is 0 Å². The Kier molecular flexibility index (Phi) is 7.05. The van der Waals surface area contributed by atoms with Crippen molar-refractivity contribution in [1.82, 2.24) is 0 Å². The molecule has 0 spiro atoms. The number of methoxy groups -OCH3 is 1. The summed E-state index contributed by atoms with van der Waals surface area (Å²) in [7, 11) is 1.67. The van der Waals surface area contributed by atoms with Crippen molar-refractivity contribution in [2.75, 3.05) is 7.11 Å². The molecule has 0 aromatic heterocycles. The number of ether oxygens (including phenoxy) is 1. The Hall–Kier alpha value is -2.09. The van der Waals surface area contributed by atoms with Gasteiger partial charge in [-0.25, -0.2) is 0 Å². The normalized spacial score (nSPS) is 12.0. The first-order valence-corrected chi connectivity index (χ1v) is 8.94. The van der Waals surface area contributed by atoms with Crippen LogP contribution >= 0.6 is 0 Å². The van der Waals surface area contributed by atoms with E-state index < -0.39 is 0 Å². The van der Waals surface area contributed by atoms with Crippen molar-refractivity contribution in [3.8, 4) is 16.9 Å². The van der Waals surface area contributed by atoms with Crippen LogP contribution in [-0.4, -0.2) is 12.9 Å². The molecule has 0 saturated heterocycles. The van der Waals surface area contributed by atoms with E-state index in [2.05, 4.69) is 6.92 Å². The Labute approximate surface area is 145 Å². The van der Waals surface area contributed by atoms with Gasteiger partial charge in [0.2, 0.25) is 0 Å². The molecule has 0 fully saturated rings. The Morgan fingerprint density at radius 1 is 0.917 bits per heavy atom. The minimum Gasteiger partial charge on any atom is -0.497 e. The van der Waals surface area contributed by atoms with Crippen molar-refractivity contribution in [1.29, 1.82) is 0 Å². The zero-order valence-corrected chi connectivity index (χ0v) is 15.0. The van der Waals surface area contributed by atoms with Crippen LogP contribution in [0.15, 0.2) is 48.5 Å². The molecular formula is C22H28O2. The lowest BCUT2D eigenvalue weighted by Crippen LogP contribution is -2.11. The lowest BCUT2D eigenvalue weighted by molar-refractivity contribution is 0.0922. The summed E-state index contributed by atoms with van der Waals surface area (Å²) in [6.45, 7) is 4.25. The molecule has 0 N–H and O–H groups in total. The fourth-order valence-corrected chi connectivity index (χ4v) is 2.90. The minimum absolute atomic E-state index is 0.105. The summed E-state index contributed by atoms with van der Waals surface area (Å²) in [6.07, 6.45) is 5.85. The van der Waals surface area contributed by atoms with Crippen molar-refractivity contribution in [2.45, 2.75) is 46.0 Å². The Bertz CT molecular complexity index is 626. The van der Waals surface area contributed by atoms with Crippen LogP contribution in [0.4, 0.5) is 0 Å². The molecule has 0 saturated carbocycles. The smallest absolute Gasteiger partial charge is 0.165 e. The van der Waals surface area contributed by atoms with E-state index in [0.717, 1.165) is 35.3 Å². The summed E-state index contributed by atoms with van der Waals surface area (Å²) < 4.78 is 5.18. The largest absolute Gasteiger partial charge is 0.497 e. The van der Waals surface area contributed by atoms with E-state index in [1.807, 2.05) is 55.5 Å². The molecule has 24 heavy (non-hydrogen) atoms. The van der Waals surface area contributed by atoms with Crippen LogP contribution in [0.5, 0.6) is 5.75 Å². The fourth-order valence-electron chi connectivity index (χ4n) is 2.90. The third kappa shape index (κ3) is 4.95. The maximum Gasteiger partial charge on any atom is 0.165 e. The van der Waals surface area contributed by atoms with E-state index in [1.165, 1.54) is 19.3 Å². The van der Waals surface area contributed by atoms with Crippen LogP contribution in [0.3, 0.4) is 0 Å². The van der Waals surface area contributed by atoms with Gasteiger partial charge in [-0.15, -0.1) is 0 Å². The molecular weight excluding hydrogens is 296 g/mol. The van der Waals surface area contributed by atoms with Gasteiger partial charge in [0, 0.05) is 11.5 Å². The molecule has 1 atom stereocenters. The molecule has 2 nitrogen and oxygen atoms in total. The van der Waals surface area contributed by atoms with Gasteiger partial charge in [0.25, 0.3) is 0 Å². The number of benzene rings is 2. The summed E-state index contributed by atoms with van der Waals surface area (Å²) in [5.74, 6) is 1.21. The van der Waals surface area contributed by atoms with Gasteiger partial charge in [-0.2, -0.15) is 0 Å². The first-order chi connectivity index (χ1) is 11.7. The molecule has 2 heteroatoms. The van der Waals surface area contributed by atoms with Gasteiger partial charge >= 0.3 is 0 Å². The highest BCUT2D eigenvalue weighted by Crippen LogP contribution is 2.24. The topological polar surface area (TPSA) is 26.3 Å². The van der Waals surface area contributed by atoms with Crippen molar-refractivity contribution in [3.63, 3.8) is 0 Å². The molecule has 0 bridgehead atoms. The summed E-state index contributed by atoms with van der Waals surface area (Å²) >= 11 is 0. The monoisotopic (exact) mass is 324 g/mol. The fraction of sp³-hybridized carbons (Fsp3) is 0.409. The summed E-state index contributed by atoms with van der Waals surface area (Å²) in [5.41, 5.74) is 3.06. The molecule has 2 rings (SSSR count). The minimum atomic E-state index is 0.105. The molecule has 0 aliphatic rings. The lowest BCUT2D eigenvalue weighted by atomic mass is 9.93. The Balaban J connectivity index is 1.98. The number of hydrogen-bond donors (Lipinski definition) is 0. The second-order valence-electron chi connectivity index (χ2n) is 6.42. The van der Waals surface area contributed by atoms with Gasteiger partial charge in [-0.1, -0.05) is 75.9 Å². The second kappa shape index (κ2) is 9.27. The van der Waals surface area contributed by atoms with Crippen LogP contribution in [0.2, 0.25) is 0 Å². The lowest BCUT2D eigenvalue weighted by Gasteiger charge is -2.11. The van der Waals surface area contributed by atoms with E-state index >= 15 is 0 Å². The highest BCUT2D eigenvalue weighted by molar-refractivity contribution is 5.98. The molecule has 1 unspecified atom stereocenters. The predicted octanol–water partition coefficient (Wildman–Crippen LogP) is 6.15. The van der Waals surface area contributed by atoms with Crippen LogP contribution in [0.25, 0.3) is 11.1 Å². The first-order valence-electron chi connectivity index (χ1n) is 8.94. The van der Waals surface area contributed by atoms with Gasteiger partial charge < -0.3 is 4.74 Å². The van der Waals surface area contributed by atoms with Crippen LogP contribution in [-0.2, 0) is 0 Å². The van der Waals surface area contributed by atoms with Crippen LogP contribution in [0, 0.1) is 5.92 Å². The van der Waals surface area contributed by atoms with E-state index in [1.54, 1.807) is 7.11 Å². The van der Waals surface area contributed by atoms with Gasteiger partial charge in [0.15, 0.2) is 5.78 Å². The molecule has 0 heterocycles. The van der Waals surface area contributed by atoms with Gasteiger partial charge in [0.05, 0.1) is 7.11 Å². The maximum atomic E-state index is 12.5. The number of hydrogen-bond acceptors (Lipinski definition) is 2. The van der Waals surface area contributed by atoms with Gasteiger partial charge in [0.1, 0.15) is 5.75 Å². The third-order valence-corrected chi connectivity index (χ3v) is 4.53.